The minimum Gasteiger partial charge on any atom is -0.496 e. The lowest BCUT2D eigenvalue weighted by atomic mass is 10.0. The summed E-state index contributed by atoms with van der Waals surface area (Å²) in [6, 6.07) is 7.55. The van der Waals surface area contributed by atoms with Crippen molar-refractivity contribution in [3.05, 3.63) is 29.8 Å². The molecule has 0 amide bonds. The van der Waals surface area contributed by atoms with E-state index in [2.05, 4.69) is 0 Å². The molecule has 16 heavy (non-hydrogen) atoms. The molecule has 88 valence electrons. The van der Waals surface area contributed by atoms with Crippen LogP contribution in [0, 0.1) is 0 Å². The van der Waals surface area contributed by atoms with Crippen LogP contribution in [-0.2, 0) is 16.0 Å². The fourth-order valence-electron chi connectivity index (χ4n) is 1.68. The maximum atomic E-state index is 11.9. The summed E-state index contributed by atoms with van der Waals surface area (Å²) >= 11 is 0. The molecule has 1 aromatic rings. The monoisotopic (exact) mass is 222 g/mol. The van der Waals surface area contributed by atoms with Crippen molar-refractivity contribution in [2.45, 2.75) is 25.9 Å². The lowest BCUT2D eigenvalue weighted by Crippen LogP contribution is -2.23. The van der Waals surface area contributed by atoms with Crippen LogP contribution in [-0.4, -0.2) is 26.1 Å². The van der Waals surface area contributed by atoms with Crippen LogP contribution in [0.25, 0.3) is 0 Å². The Kier molecular flexibility index (Phi) is 4.99. The first-order valence-corrected chi connectivity index (χ1v) is 5.40. The van der Waals surface area contributed by atoms with Crippen molar-refractivity contribution < 1.29 is 14.3 Å². The molecule has 0 N–H and O–H groups in total. The van der Waals surface area contributed by atoms with Gasteiger partial charge in [0.25, 0.3) is 0 Å². The van der Waals surface area contributed by atoms with Gasteiger partial charge in [-0.1, -0.05) is 25.1 Å². The molecule has 1 atom stereocenters. The SMILES string of the molecule is CCC(OC)C(=O)Cc1ccccc1OC. The molecule has 0 heterocycles. The topological polar surface area (TPSA) is 35.5 Å². The summed E-state index contributed by atoms with van der Waals surface area (Å²) in [6.07, 6.45) is 0.741. The average molecular weight is 222 g/mol. The molecule has 0 bridgehead atoms. The lowest BCUT2D eigenvalue weighted by molar-refractivity contribution is -0.128. The van der Waals surface area contributed by atoms with E-state index in [0.717, 1.165) is 11.3 Å². The van der Waals surface area contributed by atoms with Crippen LogP contribution in [0.5, 0.6) is 5.75 Å². The molecule has 0 spiro atoms. The van der Waals surface area contributed by atoms with E-state index in [1.54, 1.807) is 14.2 Å². The summed E-state index contributed by atoms with van der Waals surface area (Å²) in [5, 5.41) is 0. The fraction of sp³-hybridized carbons (Fsp3) is 0.462. The zero-order valence-electron chi connectivity index (χ0n) is 10.0. The van der Waals surface area contributed by atoms with Gasteiger partial charge in [-0.3, -0.25) is 4.79 Å². The van der Waals surface area contributed by atoms with E-state index in [1.165, 1.54) is 0 Å². The van der Waals surface area contributed by atoms with Crippen LogP contribution in [0.4, 0.5) is 0 Å². The summed E-state index contributed by atoms with van der Waals surface area (Å²) < 4.78 is 10.3. The van der Waals surface area contributed by atoms with E-state index >= 15 is 0 Å². The number of carbonyl (C=O) groups excluding carboxylic acids is 1. The van der Waals surface area contributed by atoms with Crippen molar-refractivity contribution >= 4 is 5.78 Å². The second-order valence-electron chi connectivity index (χ2n) is 3.59. The number of hydrogen-bond donors (Lipinski definition) is 0. The molecule has 0 saturated carbocycles. The molecule has 3 heteroatoms. The standard InChI is InChI=1S/C13H18O3/c1-4-12(15-2)11(14)9-10-7-5-6-8-13(10)16-3/h5-8,12H,4,9H2,1-3H3. The Balaban J connectivity index is 2.76. The van der Waals surface area contributed by atoms with E-state index in [9.17, 15) is 4.79 Å². The molecule has 0 aromatic heterocycles. The lowest BCUT2D eigenvalue weighted by Gasteiger charge is -2.13. The number of rotatable bonds is 6. The zero-order valence-corrected chi connectivity index (χ0v) is 10.0. The Morgan fingerprint density at radius 1 is 1.31 bits per heavy atom. The van der Waals surface area contributed by atoms with Crippen molar-refractivity contribution in [1.29, 1.82) is 0 Å². The summed E-state index contributed by atoms with van der Waals surface area (Å²) in [6.45, 7) is 1.94. The first-order valence-electron chi connectivity index (χ1n) is 5.40. The van der Waals surface area contributed by atoms with Crippen LogP contribution in [0.3, 0.4) is 0 Å². The molecular weight excluding hydrogens is 204 g/mol. The largest absolute Gasteiger partial charge is 0.496 e. The fourth-order valence-corrected chi connectivity index (χ4v) is 1.68. The number of ether oxygens (including phenoxy) is 2. The normalized spacial score (nSPS) is 12.2. The smallest absolute Gasteiger partial charge is 0.166 e. The summed E-state index contributed by atoms with van der Waals surface area (Å²) in [4.78, 5) is 11.9. The van der Waals surface area contributed by atoms with Crippen LogP contribution in [0.15, 0.2) is 24.3 Å². The van der Waals surface area contributed by atoms with E-state index < -0.39 is 0 Å². The maximum Gasteiger partial charge on any atom is 0.166 e. The minimum absolute atomic E-state index is 0.0921. The van der Waals surface area contributed by atoms with E-state index in [-0.39, 0.29) is 11.9 Å². The van der Waals surface area contributed by atoms with E-state index in [4.69, 9.17) is 9.47 Å². The van der Waals surface area contributed by atoms with Crippen molar-refractivity contribution in [3.63, 3.8) is 0 Å². The highest BCUT2D eigenvalue weighted by Crippen LogP contribution is 2.19. The Labute approximate surface area is 96.4 Å². The number of para-hydroxylation sites is 1. The van der Waals surface area contributed by atoms with Crippen molar-refractivity contribution in [2.75, 3.05) is 14.2 Å². The molecule has 0 saturated heterocycles. The predicted molar refractivity (Wildman–Crippen MR) is 62.8 cm³/mol. The zero-order chi connectivity index (χ0) is 12.0. The molecule has 0 aliphatic carbocycles. The van der Waals surface area contributed by atoms with Gasteiger partial charge in [-0.05, 0) is 12.5 Å². The molecule has 3 nitrogen and oxygen atoms in total. The molecule has 0 radical (unpaired) electrons. The van der Waals surface area contributed by atoms with Gasteiger partial charge in [0.2, 0.25) is 0 Å². The molecule has 1 aromatic carbocycles. The second kappa shape index (κ2) is 6.28. The van der Waals surface area contributed by atoms with Crippen molar-refractivity contribution in [3.8, 4) is 5.75 Å². The molecule has 1 rings (SSSR count). The van der Waals surface area contributed by atoms with Gasteiger partial charge in [0.1, 0.15) is 11.9 Å². The minimum atomic E-state index is -0.315. The van der Waals surface area contributed by atoms with Gasteiger partial charge in [0.15, 0.2) is 5.78 Å². The maximum absolute atomic E-state index is 11.9. The van der Waals surface area contributed by atoms with Crippen LogP contribution in [0.1, 0.15) is 18.9 Å². The molecule has 0 aliphatic heterocycles. The van der Waals surface area contributed by atoms with Gasteiger partial charge < -0.3 is 9.47 Å². The summed E-state index contributed by atoms with van der Waals surface area (Å²) in [7, 11) is 3.17. The summed E-state index contributed by atoms with van der Waals surface area (Å²) in [5.74, 6) is 0.844. The number of methoxy groups -OCH3 is 2. The Morgan fingerprint density at radius 3 is 2.56 bits per heavy atom. The van der Waals surface area contributed by atoms with Gasteiger partial charge in [-0.25, -0.2) is 0 Å². The number of carbonyl (C=O) groups is 1. The predicted octanol–water partition coefficient (Wildman–Crippen LogP) is 2.23. The number of Topliss-reactive ketones (excluding diaryl/α,β-unsaturated/α-hetero) is 1. The van der Waals surface area contributed by atoms with Crippen LogP contribution in [0.2, 0.25) is 0 Å². The highest BCUT2D eigenvalue weighted by atomic mass is 16.5. The quantitative estimate of drug-likeness (QED) is 0.740. The second-order valence-corrected chi connectivity index (χ2v) is 3.59. The van der Waals surface area contributed by atoms with Gasteiger partial charge >= 0.3 is 0 Å². The molecule has 0 aliphatic rings. The Morgan fingerprint density at radius 2 is 2.00 bits per heavy atom. The Bertz CT molecular complexity index is 343. The number of hydrogen-bond acceptors (Lipinski definition) is 3. The van der Waals surface area contributed by atoms with Crippen molar-refractivity contribution in [1.82, 2.24) is 0 Å². The third-order valence-electron chi connectivity index (χ3n) is 2.57. The first kappa shape index (κ1) is 12.7. The van der Waals surface area contributed by atoms with Gasteiger partial charge in [0.05, 0.1) is 7.11 Å². The average Bonchev–Trinajstić information content (AvgIpc) is 2.31. The Hall–Kier alpha value is -1.35. The van der Waals surface area contributed by atoms with Crippen molar-refractivity contribution in [2.24, 2.45) is 0 Å². The molecular formula is C13H18O3. The van der Waals surface area contributed by atoms with Crippen LogP contribution >= 0.6 is 0 Å². The van der Waals surface area contributed by atoms with Crippen LogP contribution < -0.4 is 4.74 Å². The van der Waals surface area contributed by atoms with E-state index in [1.807, 2.05) is 31.2 Å². The van der Waals surface area contributed by atoms with Gasteiger partial charge in [-0.15, -0.1) is 0 Å². The highest BCUT2D eigenvalue weighted by Gasteiger charge is 2.17. The highest BCUT2D eigenvalue weighted by molar-refractivity contribution is 5.85. The third-order valence-corrected chi connectivity index (χ3v) is 2.57. The third kappa shape index (κ3) is 3.07. The molecule has 0 fully saturated rings. The number of benzene rings is 1. The number of ketones is 1. The van der Waals surface area contributed by atoms with Gasteiger partial charge in [-0.2, -0.15) is 0 Å². The first-order chi connectivity index (χ1) is 7.72. The van der Waals surface area contributed by atoms with E-state index in [0.29, 0.717) is 12.8 Å². The van der Waals surface area contributed by atoms with Gasteiger partial charge in [0, 0.05) is 19.1 Å². The molecule has 1 unspecified atom stereocenters. The summed E-state index contributed by atoms with van der Waals surface area (Å²) in [5.41, 5.74) is 0.908.